The van der Waals surface area contributed by atoms with E-state index >= 15 is 0 Å². The van der Waals surface area contributed by atoms with Crippen LogP contribution in [0.3, 0.4) is 0 Å². The zero-order valence-electron chi connectivity index (χ0n) is 15.3. The molecule has 28 heavy (non-hydrogen) atoms. The normalized spacial score (nSPS) is 10.0. The molecule has 2 nitrogen and oxygen atoms in total. The zero-order valence-corrected chi connectivity index (χ0v) is 16.1. The maximum atomic E-state index is 9.73. The van der Waals surface area contributed by atoms with Crippen LogP contribution in [0.25, 0.3) is 11.1 Å². The molecule has 0 amide bonds. The standard InChI is InChI=1S/C13H11ClO.C12H10O/c14-12-8-4-7-11(13(12)15)9-10-5-2-1-3-6-10;13-12-9-5-4-8-11(12)10-6-2-1-3-7-10/h1-8,15H,9H2;1-9,13H. The van der Waals surface area contributed by atoms with Gasteiger partial charge in [-0.1, -0.05) is 103 Å². The Balaban J connectivity index is 0.000000162. The van der Waals surface area contributed by atoms with Gasteiger partial charge in [-0.2, -0.15) is 0 Å². The number of benzene rings is 4. The minimum absolute atomic E-state index is 0.183. The number of hydrogen-bond acceptors (Lipinski definition) is 2. The first kappa shape index (κ1) is 19.5. The van der Waals surface area contributed by atoms with Crippen molar-refractivity contribution in [3.05, 3.63) is 119 Å². The fraction of sp³-hybridized carbons (Fsp3) is 0.0400. The summed E-state index contributed by atoms with van der Waals surface area (Å²) in [5.41, 5.74) is 3.94. The molecule has 0 aliphatic rings. The molecule has 0 aliphatic heterocycles. The third-order valence-electron chi connectivity index (χ3n) is 4.30. The molecule has 0 heterocycles. The summed E-state index contributed by atoms with van der Waals surface area (Å²) in [6.07, 6.45) is 0.702. The van der Waals surface area contributed by atoms with Gasteiger partial charge >= 0.3 is 0 Å². The van der Waals surface area contributed by atoms with Crippen LogP contribution in [0.1, 0.15) is 11.1 Å². The van der Waals surface area contributed by atoms with Crippen LogP contribution >= 0.6 is 11.6 Å². The lowest BCUT2D eigenvalue weighted by Gasteiger charge is -2.05. The number of hydrogen-bond donors (Lipinski definition) is 2. The van der Waals surface area contributed by atoms with E-state index in [0.29, 0.717) is 17.2 Å². The molecule has 0 spiro atoms. The summed E-state index contributed by atoms with van der Waals surface area (Å²) in [6.45, 7) is 0. The quantitative estimate of drug-likeness (QED) is 0.410. The second-order valence-electron chi connectivity index (χ2n) is 6.29. The van der Waals surface area contributed by atoms with E-state index in [2.05, 4.69) is 0 Å². The van der Waals surface area contributed by atoms with Crippen LogP contribution in [0.5, 0.6) is 11.5 Å². The molecule has 0 unspecified atom stereocenters. The number of rotatable bonds is 3. The zero-order chi connectivity index (χ0) is 19.8. The highest BCUT2D eigenvalue weighted by Crippen LogP contribution is 2.29. The van der Waals surface area contributed by atoms with Crippen LogP contribution in [0.15, 0.2) is 103 Å². The van der Waals surface area contributed by atoms with Crippen molar-refractivity contribution in [2.75, 3.05) is 0 Å². The van der Waals surface area contributed by atoms with Gasteiger partial charge in [-0.15, -0.1) is 0 Å². The molecule has 4 aromatic carbocycles. The van der Waals surface area contributed by atoms with E-state index in [9.17, 15) is 10.2 Å². The smallest absolute Gasteiger partial charge is 0.137 e. The number of phenols is 2. The van der Waals surface area contributed by atoms with Crippen LogP contribution in [-0.4, -0.2) is 10.2 Å². The predicted molar refractivity (Wildman–Crippen MR) is 116 cm³/mol. The summed E-state index contributed by atoms with van der Waals surface area (Å²) in [5, 5.41) is 19.7. The SMILES string of the molecule is Oc1c(Cl)cccc1Cc1ccccc1.Oc1ccccc1-c1ccccc1. The van der Waals surface area contributed by atoms with E-state index < -0.39 is 0 Å². The highest BCUT2D eigenvalue weighted by Gasteiger charge is 2.05. The Labute approximate surface area is 170 Å². The van der Waals surface area contributed by atoms with Gasteiger partial charge in [0.05, 0.1) is 5.02 Å². The first-order chi connectivity index (χ1) is 13.6. The average Bonchev–Trinajstić information content (AvgIpc) is 2.74. The molecule has 0 saturated carbocycles. The Morgan fingerprint density at radius 3 is 1.89 bits per heavy atom. The number of aromatic hydroxyl groups is 2. The topological polar surface area (TPSA) is 40.5 Å². The summed E-state index contributed by atoms with van der Waals surface area (Å²) in [6, 6.07) is 32.6. The van der Waals surface area contributed by atoms with Crippen LogP contribution in [-0.2, 0) is 6.42 Å². The molecule has 0 fully saturated rings. The highest BCUT2D eigenvalue weighted by atomic mass is 35.5. The maximum absolute atomic E-state index is 9.73. The van der Waals surface area contributed by atoms with Crippen molar-refractivity contribution < 1.29 is 10.2 Å². The summed E-state index contributed by atoms with van der Waals surface area (Å²) in [4.78, 5) is 0. The highest BCUT2D eigenvalue weighted by molar-refractivity contribution is 6.32. The van der Waals surface area contributed by atoms with Crippen molar-refractivity contribution >= 4 is 11.6 Å². The van der Waals surface area contributed by atoms with Crippen molar-refractivity contribution in [2.45, 2.75) is 6.42 Å². The molecule has 0 saturated heterocycles. The molecule has 0 aliphatic carbocycles. The minimum atomic E-state index is 0.183. The third-order valence-corrected chi connectivity index (χ3v) is 4.60. The van der Waals surface area contributed by atoms with Gasteiger partial charge < -0.3 is 10.2 Å². The van der Waals surface area contributed by atoms with Crippen LogP contribution in [0, 0.1) is 0 Å². The van der Waals surface area contributed by atoms with Gasteiger partial charge in [-0.25, -0.2) is 0 Å². The molecule has 0 aromatic heterocycles. The van der Waals surface area contributed by atoms with E-state index in [1.165, 1.54) is 0 Å². The molecular weight excluding hydrogens is 368 g/mol. The van der Waals surface area contributed by atoms with E-state index in [0.717, 1.165) is 22.3 Å². The fourth-order valence-corrected chi connectivity index (χ4v) is 3.05. The third kappa shape index (κ3) is 5.15. The van der Waals surface area contributed by atoms with Crippen molar-refractivity contribution in [2.24, 2.45) is 0 Å². The molecule has 2 N–H and O–H groups in total. The first-order valence-electron chi connectivity index (χ1n) is 8.99. The number of halogens is 1. The van der Waals surface area contributed by atoms with Gasteiger partial charge in [0, 0.05) is 12.0 Å². The summed E-state index contributed by atoms with van der Waals surface area (Å²) >= 11 is 5.83. The molecule has 3 heteroatoms. The lowest BCUT2D eigenvalue weighted by molar-refractivity contribution is 0.469. The maximum Gasteiger partial charge on any atom is 0.137 e. The summed E-state index contributed by atoms with van der Waals surface area (Å²) in [5.74, 6) is 0.511. The Hall–Kier alpha value is -3.23. The van der Waals surface area contributed by atoms with E-state index in [-0.39, 0.29) is 5.75 Å². The molecule has 4 rings (SSSR count). The Kier molecular flexibility index (Phi) is 6.72. The van der Waals surface area contributed by atoms with E-state index in [1.807, 2.05) is 91.0 Å². The summed E-state index contributed by atoms with van der Waals surface area (Å²) in [7, 11) is 0. The molecule has 0 atom stereocenters. The lowest BCUT2D eigenvalue weighted by Crippen LogP contribution is -1.88. The van der Waals surface area contributed by atoms with Gasteiger partial charge in [0.25, 0.3) is 0 Å². The van der Waals surface area contributed by atoms with Crippen molar-refractivity contribution in [3.63, 3.8) is 0 Å². The van der Waals surface area contributed by atoms with Crippen LogP contribution < -0.4 is 0 Å². The summed E-state index contributed by atoms with van der Waals surface area (Å²) < 4.78 is 0. The van der Waals surface area contributed by atoms with Crippen LogP contribution in [0.4, 0.5) is 0 Å². The molecule has 4 aromatic rings. The number of phenolic OH excluding ortho intramolecular Hbond substituents is 2. The van der Waals surface area contributed by atoms with Gasteiger partial charge in [0.15, 0.2) is 0 Å². The van der Waals surface area contributed by atoms with E-state index in [1.54, 1.807) is 12.1 Å². The monoisotopic (exact) mass is 388 g/mol. The molecular formula is C25H21ClO2. The predicted octanol–water partition coefficient (Wildman–Crippen LogP) is 6.70. The number of para-hydroxylation sites is 2. The Morgan fingerprint density at radius 1 is 0.607 bits per heavy atom. The van der Waals surface area contributed by atoms with Gasteiger partial charge in [-0.3, -0.25) is 0 Å². The second-order valence-corrected chi connectivity index (χ2v) is 6.70. The van der Waals surface area contributed by atoms with Crippen molar-refractivity contribution in [3.8, 4) is 22.6 Å². The Morgan fingerprint density at radius 2 is 1.21 bits per heavy atom. The van der Waals surface area contributed by atoms with Gasteiger partial charge in [-0.05, 0) is 28.8 Å². The largest absolute Gasteiger partial charge is 0.507 e. The van der Waals surface area contributed by atoms with Gasteiger partial charge in [0.1, 0.15) is 11.5 Å². The molecule has 0 radical (unpaired) electrons. The van der Waals surface area contributed by atoms with Gasteiger partial charge in [0.2, 0.25) is 0 Å². The lowest BCUT2D eigenvalue weighted by atomic mass is 10.0. The second kappa shape index (κ2) is 9.63. The minimum Gasteiger partial charge on any atom is -0.507 e. The van der Waals surface area contributed by atoms with E-state index in [4.69, 9.17) is 11.6 Å². The molecule has 140 valence electrons. The van der Waals surface area contributed by atoms with Crippen molar-refractivity contribution in [1.82, 2.24) is 0 Å². The fourth-order valence-electron chi connectivity index (χ4n) is 2.85. The average molecular weight is 389 g/mol. The van der Waals surface area contributed by atoms with Crippen LogP contribution in [0.2, 0.25) is 5.02 Å². The first-order valence-corrected chi connectivity index (χ1v) is 9.36. The Bertz CT molecular complexity index is 1010. The van der Waals surface area contributed by atoms with Crippen molar-refractivity contribution in [1.29, 1.82) is 0 Å². The molecule has 0 bridgehead atoms.